The number of benzene rings is 1. The van der Waals surface area contributed by atoms with E-state index in [0.29, 0.717) is 12.1 Å². The monoisotopic (exact) mass is 248 g/mol. The Morgan fingerprint density at radius 3 is 2.94 bits per heavy atom. The van der Waals surface area contributed by atoms with Gasteiger partial charge in [0.1, 0.15) is 0 Å². The van der Waals surface area contributed by atoms with Crippen LogP contribution >= 0.6 is 0 Å². The molecule has 0 aromatic heterocycles. The molecule has 2 rings (SSSR count). The summed E-state index contributed by atoms with van der Waals surface area (Å²) in [5, 5.41) is 6.14. The SMILES string of the molecule is CN(C)CCCNc1cc2c(cc1N)CC(=O)N2. The number of hydrogen-bond acceptors (Lipinski definition) is 4. The van der Waals surface area contributed by atoms with Crippen molar-refractivity contribution in [2.75, 3.05) is 43.6 Å². The first-order chi connectivity index (χ1) is 8.56. The molecule has 0 saturated heterocycles. The fraction of sp³-hybridized carbons (Fsp3) is 0.462. The Kier molecular flexibility index (Phi) is 3.72. The van der Waals surface area contributed by atoms with Gasteiger partial charge in [-0.2, -0.15) is 0 Å². The van der Waals surface area contributed by atoms with Crippen LogP contribution in [0.1, 0.15) is 12.0 Å². The lowest BCUT2D eigenvalue weighted by atomic mass is 10.1. The summed E-state index contributed by atoms with van der Waals surface area (Å²) in [4.78, 5) is 13.4. The molecule has 1 aliphatic rings. The minimum atomic E-state index is 0.0363. The molecule has 0 radical (unpaired) electrons. The van der Waals surface area contributed by atoms with Crippen LogP contribution in [0.5, 0.6) is 0 Å². The van der Waals surface area contributed by atoms with E-state index in [0.717, 1.165) is 36.4 Å². The van der Waals surface area contributed by atoms with E-state index in [1.165, 1.54) is 0 Å². The van der Waals surface area contributed by atoms with Crippen molar-refractivity contribution in [2.24, 2.45) is 0 Å². The van der Waals surface area contributed by atoms with Crippen LogP contribution < -0.4 is 16.4 Å². The van der Waals surface area contributed by atoms with Gasteiger partial charge in [0.05, 0.1) is 17.8 Å². The number of nitrogens with zero attached hydrogens (tertiary/aromatic N) is 1. The van der Waals surface area contributed by atoms with Crippen LogP contribution in [0.3, 0.4) is 0 Å². The van der Waals surface area contributed by atoms with Crippen LogP contribution in [0.2, 0.25) is 0 Å². The van der Waals surface area contributed by atoms with Crippen LogP contribution in [0.4, 0.5) is 17.1 Å². The van der Waals surface area contributed by atoms with E-state index < -0.39 is 0 Å². The van der Waals surface area contributed by atoms with Crippen molar-refractivity contribution in [1.82, 2.24) is 4.90 Å². The molecule has 0 unspecified atom stereocenters. The molecule has 1 amide bonds. The maximum absolute atomic E-state index is 11.3. The summed E-state index contributed by atoms with van der Waals surface area (Å²) in [7, 11) is 4.11. The number of carbonyl (C=O) groups excluding carboxylic acids is 1. The smallest absolute Gasteiger partial charge is 0.228 e. The molecular weight excluding hydrogens is 228 g/mol. The molecule has 1 aromatic rings. The van der Waals surface area contributed by atoms with E-state index in [-0.39, 0.29) is 5.91 Å². The fourth-order valence-corrected chi connectivity index (χ4v) is 2.07. The number of fused-ring (bicyclic) bond motifs is 1. The second-order valence-electron chi connectivity index (χ2n) is 4.91. The summed E-state index contributed by atoms with van der Waals surface area (Å²) in [6, 6.07) is 3.80. The number of anilines is 3. The Morgan fingerprint density at radius 2 is 2.22 bits per heavy atom. The van der Waals surface area contributed by atoms with Gasteiger partial charge in [-0.15, -0.1) is 0 Å². The van der Waals surface area contributed by atoms with Crippen LogP contribution in [-0.2, 0) is 11.2 Å². The van der Waals surface area contributed by atoms with Crippen molar-refractivity contribution in [3.05, 3.63) is 17.7 Å². The summed E-state index contributed by atoms with van der Waals surface area (Å²) in [5.74, 6) is 0.0363. The highest BCUT2D eigenvalue weighted by atomic mass is 16.1. The molecule has 4 N–H and O–H groups in total. The fourth-order valence-electron chi connectivity index (χ4n) is 2.07. The highest BCUT2D eigenvalue weighted by Crippen LogP contribution is 2.31. The number of nitrogens with two attached hydrogens (primary N) is 1. The van der Waals surface area contributed by atoms with Crippen molar-refractivity contribution < 1.29 is 4.79 Å². The molecule has 98 valence electrons. The first kappa shape index (κ1) is 12.7. The number of carbonyl (C=O) groups is 1. The average molecular weight is 248 g/mol. The minimum absolute atomic E-state index is 0.0363. The highest BCUT2D eigenvalue weighted by molar-refractivity contribution is 6.00. The van der Waals surface area contributed by atoms with Gasteiger partial charge in [0.15, 0.2) is 0 Å². The van der Waals surface area contributed by atoms with Crippen molar-refractivity contribution in [2.45, 2.75) is 12.8 Å². The van der Waals surface area contributed by atoms with Crippen LogP contribution in [0.15, 0.2) is 12.1 Å². The van der Waals surface area contributed by atoms with Gasteiger partial charge in [-0.25, -0.2) is 0 Å². The maximum atomic E-state index is 11.3. The van der Waals surface area contributed by atoms with Crippen molar-refractivity contribution >= 4 is 23.0 Å². The normalized spacial score (nSPS) is 13.6. The summed E-state index contributed by atoms with van der Waals surface area (Å²) in [6.07, 6.45) is 1.48. The second kappa shape index (κ2) is 5.27. The predicted molar refractivity (Wildman–Crippen MR) is 74.8 cm³/mol. The molecule has 5 heteroatoms. The lowest BCUT2D eigenvalue weighted by Gasteiger charge is -2.13. The van der Waals surface area contributed by atoms with Crippen LogP contribution in [0.25, 0.3) is 0 Å². The van der Waals surface area contributed by atoms with Crippen LogP contribution in [0, 0.1) is 0 Å². The minimum Gasteiger partial charge on any atom is -0.397 e. The van der Waals surface area contributed by atoms with E-state index in [1.807, 2.05) is 12.1 Å². The summed E-state index contributed by atoms with van der Waals surface area (Å²) < 4.78 is 0. The van der Waals surface area contributed by atoms with Crippen molar-refractivity contribution in [3.63, 3.8) is 0 Å². The van der Waals surface area contributed by atoms with E-state index in [9.17, 15) is 4.79 Å². The van der Waals surface area contributed by atoms with Gasteiger partial charge in [0, 0.05) is 12.2 Å². The average Bonchev–Trinajstić information content (AvgIpc) is 2.63. The molecular formula is C13H20N4O. The molecule has 0 spiro atoms. The molecule has 1 aromatic carbocycles. The van der Waals surface area contributed by atoms with E-state index in [4.69, 9.17) is 5.73 Å². The zero-order valence-electron chi connectivity index (χ0n) is 10.9. The summed E-state index contributed by atoms with van der Waals surface area (Å²) >= 11 is 0. The largest absolute Gasteiger partial charge is 0.397 e. The Balaban J connectivity index is 1.97. The lowest BCUT2D eigenvalue weighted by Crippen LogP contribution is -2.16. The standard InChI is InChI=1S/C13H20N4O/c1-17(2)5-3-4-15-12-8-11-9(6-10(12)14)7-13(18)16-11/h6,8,15H,3-5,7,14H2,1-2H3,(H,16,18). The number of nitrogens with one attached hydrogen (secondary N) is 2. The second-order valence-corrected chi connectivity index (χ2v) is 4.91. The van der Waals surface area contributed by atoms with Gasteiger partial charge in [-0.05, 0) is 44.8 Å². The third-order valence-corrected chi connectivity index (χ3v) is 3.00. The van der Waals surface area contributed by atoms with E-state index in [2.05, 4.69) is 29.6 Å². The maximum Gasteiger partial charge on any atom is 0.228 e. The Bertz CT molecular complexity index is 457. The first-order valence-electron chi connectivity index (χ1n) is 6.17. The molecule has 0 saturated carbocycles. The molecule has 0 bridgehead atoms. The third kappa shape index (κ3) is 2.92. The highest BCUT2D eigenvalue weighted by Gasteiger charge is 2.18. The van der Waals surface area contributed by atoms with Gasteiger partial charge in [-0.3, -0.25) is 4.79 Å². The van der Waals surface area contributed by atoms with E-state index in [1.54, 1.807) is 0 Å². The topological polar surface area (TPSA) is 70.4 Å². The Morgan fingerprint density at radius 1 is 1.44 bits per heavy atom. The van der Waals surface area contributed by atoms with Gasteiger partial charge in [-0.1, -0.05) is 0 Å². The Hall–Kier alpha value is -1.75. The summed E-state index contributed by atoms with van der Waals surface area (Å²) in [5.41, 5.74) is 9.43. The van der Waals surface area contributed by atoms with Crippen molar-refractivity contribution in [1.29, 1.82) is 0 Å². The zero-order chi connectivity index (χ0) is 13.1. The third-order valence-electron chi connectivity index (χ3n) is 3.00. The lowest BCUT2D eigenvalue weighted by molar-refractivity contribution is -0.115. The van der Waals surface area contributed by atoms with Gasteiger partial charge in [0.2, 0.25) is 5.91 Å². The van der Waals surface area contributed by atoms with Gasteiger partial charge >= 0.3 is 0 Å². The Labute approximate surface area is 107 Å². The number of nitrogen functional groups attached to an aromatic ring is 1. The van der Waals surface area contributed by atoms with Gasteiger partial charge < -0.3 is 21.3 Å². The molecule has 1 aliphatic heterocycles. The van der Waals surface area contributed by atoms with E-state index >= 15 is 0 Å². The first-order valence-corrected chi connectivity index (χ1v) is 6.17. The molecule has 18 heavy (non-hydrogen) atoms. The number of amides is 1. The van der Waals surface area contributed by atoms with Crippen molar-refractivity contribution in [3.8, 4) is 0 Å². The van der Waals surface area contributed by atoms with Crippen LogP contribution in [-0.4, -0.2) is 38.0 Å². The summed E-state index contributed by atoms with van der Waals surface area (Å²) in [6.45, 7) is 1.91. The number of rotatable bonds is 5. The molecule has 5 nitrogen and oxygen atoms in total. The zero-order valence-corrected chi connectivity index (χ0v) is 10.9. The predicted octanol–water partition coefficient (Wildman–Crippen LogP) is 1.13. The molecule has 1 heterocycles. The molecule has 0 aliphatic carbocycles. The van der Waals surface area contributed by atoms with Gasteiger partial charge in [0.25, 0.3) is 0 Å². The number of hydrogen-bond donors (Lipinski definition) is 3. The molecule has 0 atom stereocenters. The quantitative estimate of drug-likeness (QED) is 0.539. The molecule has 0 fully saturated rings.